The second kappa shape index (κ2) is 10.4. The maximum atomic E-state index is 15.8. The highest BCUT2D eigenvalue weighted by molar-refractivity contribution is 5.84. The number of benzene rings is 2. The van der Waals surface area contributed by atoms with E-state index in [4.69, 9.17) is 9.84 Å². The number of aromatic nitrogens is 5. The Labute approximate surface area is 258 Å². The van der Waals surface area contributed by atoms with Gasteiger partial charge in [0, 0.05) is 53.6 Å². The maximum Gasteiger partial charge on any atom is 0.411 e. The van der Waals surface area contributed by atoms with Crippen LogP contribution in [0.3, 0.4) is 0 Å². The lowest BCUT2D eigenvalue weighted by Gasteiger charge is -2.45. The van der Waals surface area contributed by atoms with Crippen molar-refractivity contribution < 1.29 is 18.3 Å². The molecular weight excluding hydrogens is 578 g/mol. The van der Waals surface area contributed by atoms with Crippen LogP contribution in [0.1, 0.15) is 68.5 Å². The van der Waals surface area contributed by atoms with Gasteiger partial charge in [0.25, 0.3) is 0 Å². The van der Waals surface area contributed by atoms with Crippen molar-refractivity contribution in [2.45, 2.75) is 78.0 Å². The molecule has 9 nitrogen and oxygen atoms in total. The Morgan fingerprint density at radius 2 is 1.73 bits per heavy atom. The summed E-state index contributed by atoms with van der Waals surface area (Å²) in [4.78, 5) is 33.7. The second-order valence-corrected chi connectivity index (χ2v) is 13.0. The molecule has 5 aromatic rings. The summed E-state index contributed by atoms with van der Waals surface area (Å²) < 4.78 is 40.7. The molecule has 11 heteroatoms. The predicted octanol–water partition coefficient (Wildman–Crippen LogP) is 6.64. The molecule has 7 rings (SSSR count). The van der Waals surface area contributed by atoms with E-state index in [1.807, 2.05) is 20.8 Å². The Morgan fingerprint density at radius 1 is 1.00 bits per heavy atom. The van der Waals surface area contributed by atoms with Crippen LogP contribution in [0.25, 0.3) is 28.0 Å². The minimum Gasteiger partial charge on any atom is -0.444 e. The smallest absolute Gasteiger partial charge is 0.411 e. The number of hydrogen-bond donors (Lipinski definition) is 0. The van der Waals surface area contributed by atoms with Crippen LogP contribution < -0.4 is 5.69 Å². The van der Waals surface area contributed by atoms with Crippen molar-refractivity contribution in [2.75, 3.05) is 0 Å². The monoisotopic (exact) mass is 612 g/mol. The molecule has 0 aliphatic carbocycles. The standard InChI is InChI=1S/C34H34F2N6O3/c1-19-15-23(16-20(2)29(19)35)42-31(28-25(38-42)17-22-7-6-8-26(28)41(22)33(44)45-34(3,4)5)40-14-13-39(32(40)43)27-10-9-21-18-37-12-11-24(21)30(27)36/h9-16,18,22,26H,6-8,17H2,1-5H3/t22-,26+/m1/s1. The summed E-state index contributed by atoms with van der Waals surface area (Å²) in [5.41, 5.74) is 1.87. The molecule has 2 aliphatic rings. The van der Waals surface area contributed by atoms with Crippen LogP contribution in [0.5, 0.6) is 0 Å². The van der Waals surface area contributed by atoms with Gasteiger partial charge in [-0.05, 0) is 89.3 Å². The summed E-state index contributed by atoms with van der Waals surface area (Å²) in [5.74, 6) is -0.417. The third-order valence-electron chi connectivity index (χ3n) is 8.75. The number of piperidine rings is 1. The van der Waals surface area contributed by atoms with E-state index in [0.29, 0.717) is 46.2 Å². The van der Waals surface area contributed by atoms with Crippen molar-refractivity contribution in [2.24, 2.45) is 0 Å². The average Bonchev–Trinajstić information content (AvgIpc) is 3.54. The highest BCUT2D eigenvalue weighted by Crippen LogP contribution is 2.45. The fourth-order valence-electron chi connectivity index (χ4n) is 6.82. The van der Waals surface area contributed by atoms with Gasteiger partial charge in [0.2, 0.25) is 0 Å². The average molecular weight is 613 g/mol. The fraction of sp³-hybridized carbons (Fsp3) is 0.353. The zero-order chi connectivity index (χ0) is 31.8. The molecule has 1 fully saturated rings. The van der Waals surface area contributed by atoms with Crippen molar-refractivity contribution >= 4 is 16.9 Å². The number of nitrogens with zero attached hydrogens (tertiary/aromatic N) is 6. The number of hydrogen-bond acceptors (Lipinski definition) is 5. The van der Waals surface area contributed by atoms with Crippen molar-refractivity contribution in [3.05, 3.63) is 99.6 Å². The molecular formula is C34H34F2N6O3. The number of fused-ring (bicyclic) bond motifs is 5. The Balaban J connectivity index is 1.45. The van der Waals surface area contributed by atoms with Gasteiger partial charge in [-0.1, -0.05) is 6.07 Å². The lowest BCUT2D eigenvalue weighted by molar-refractivity contribution is -0.00974. The zero-order valence-electron chi connectivity index (χ0n) is 25.8. The normalized spacial score (nSPS) is 17.9. The number of halogens is 2. The van der Waals surface area contributed by atoms with Crippen molar-refractivity contribution in [1.29, 1.82) is 0 Å². The number of carbonyl (C=O) groups is 1. The molecule has 0 radical (unpaired) electrons. The van der Waals surface area contributed by atoms with Crippen LogP contribution in [0.2, 0.25) is 0 Å². The Bertz CT molecular complexity index is 2030. The number of amides is 1. The summed E-state index contributed by atoms with van der Waals surface area (Å²) >= 11 is 0. The van der Waals surface area contributed by atoms with Crippen LogP contribution in [0.4, 0.5) is 13.6 Å². The molecule has 2 aromatic carbocycles. The molecule has 5 heterocycles. The van der Waals surface area contributed by atoms with Gasteiger partial charge in [-0.2, -0.15) is 5.10 Å². The van der Waals surface area contributed by atoms with Crippen LogP contribution in [-0.4, -0.2) is 46.5 Å². The van der Waals surface area contributed by atoms with Crippen LogP contribution in [0.15, 0.2) is 59.9 Å². The van der Waals surface area contributed by atoms with E-state index in [0.717, 1.165) is 24.1 Å². The van der Waals surface area contributed by atoms with Crippen LogP contribution >= 0.6 is 0 Å². The van der Waals surface area contributed by atoms with Gasteiger partial charge in [0.05, 0.1) is 23.1 Å². The van der Waals surface area contributed by atoms with E-state index >= 15 is 4.39 Å². The molecule has 232 valence electrons. The van der Waals surface area contributed by atoms with Crippen molar-refractivity contribution in [1.82, 2.24) is 28.8 Å². The molecule has 0 N–H and O–H groups in total. The van der Waals surface area contributed by atoms with Gasteiger partial charge in [0.15, 0.2) is 5.82 Å². The number of pyridine rings is 1. The lowest BCUT2D eigenvalue weighted by Crippen LogP contribution is -2.51. The van der Waals surface area contributed by atoms with Gasteiger partial charge in [0.1, 0.15) is 17.2 Å². The third-order valence-corrected chi connectivity index (χ3v) is 8.75. The largest absolute Gasteiger partial charge is 0.444 e. The van der Waals surface area contributed by atoms with Crippen LogP contribution in [0, 0.1) is 25.5 Å². The van der Waals surface area contributed by atoms with Gasteiger partial charge in [-0.3, -0.25) is 19.0 Å². The van der Waals surface area contributed by atoms with Crippen molar-refractivity contribution in [3.8, 4) is 17.2 Å². The SMILES string of the molecule is Cc1cc(-n2nc3c(c2-n2ccn(-c4ccc5cnccc5c4F)c2=O)[C@@H]2CCC[C@H](C3)N2C(=O)OC(C)(C)C)cc(C)c1F. The Kier molecular flexibility index (Phi) is 6.68. The van der Waals surface area contributed by atoms with E-state index in [2.05, 4.69) is 4.98 Å². The first-order valence-corrected chi connectivity index (χ1v) is 15.2. The molecule has 45 heavy (non-hydrogen) atoms. The minimum atomic E-state index is -0.685. The summed E-state index contributed by atoms with van der Waals surface area (Å²) in [5, 5.41) is 5.98. The number of carbonyl (C=O) groups excluding carboxylic acids is 1. The molecule has 3 aromatic heterocycles. The summed E-state index contributed by atoms with van der Waals surface area (Å²) in [6.45, 7) is 8.88. The summed E-state index contributed by atoms with van der Waals surface area (Å²) in [7, 11) is 0. The number of ether oxygens (including phenoxy) is 1. The molecule has 2 aliphatic heterocycles. The highest BCUT2D eigenvalue weighted by atomic mass is 19.1. The molecule has 1 amide bonds. The molecule has 0 unspecified atom stereocenters. The zero-order valence-corrected chi connectivity index (χ0v) is 25.8. The molecule has 1 saturated heterocycles. The van der Waals surface area contributed by atoms with Gasteiger partial charge in [-0.25, -0.2) is 23.1 Å². The minimum absolute atomic E-state index is 0.0963. The molecule has 2 bridgehead atoms. The van der Waals surface area contributed by atoms with Gasteiger partial charge < -0.3 is 4.74 Å². The van der Waals surface area contributed by atoms with E-state index in [1.165, 1.54) is 21.5 Å². The lowest BCUT2D eigenvalue weighted by atomic mass is 9.83. The van der Waals surface area contributed by atoms with E-state index in [9.17, 15) is 14.0 Å². The van der Waals surface area contributed by atoms with E-state index in [-0.39, 0.29) is 17.5 Å². The van der Waals surface area contributed by atoms with Crippen molar-refractivity contribution in [3.63, 3.8) is 0 Å². The Hall–Kier alpha value is -4.80. The van der Waals surface area contributed by atoms with E-state index < -0.39 is 29.2 Å². The first-order chi connectivity index (χ1) is 21.4. The maximum absolute atomic E-state index is 15.8. The number of aryl methyl sites for hydroxylation is 2. The van der Waals surface area contributed by atoms with E-state index in [1.54, 1.807) is 66.2 Å². The Morgan fingerprint density at radius 3 is 2.47 bits per heavy atom. The molecule has 0 spiro atoms. The quantitative estimate of drug-likeness (QED) is 0.228. The van der Waals surface area contributed by atoms with Gasteiger partial charge in [-0.15, -0.1) is 0 Å². The molecule has 2 atom stereocenters. The van der Waals surface area contributed by atoms with Gasteiger partial charge >= 0.3 is 11.8 Å². The first-order valence-electron chi connectivity index (χ1n) is 15.2. The fourth-order valence-corrected chi connectivity index (χ4v) is 6.82. The summed E-state index contributed by atoms with van der Waals surface area (Å²) in [6, 6.07) is 7.74. The second-order valence-electron chi connectivity index (χ2n) is 13.0. The summed E-state index contributed by atoms with van der Waals surface area (Å²) in [6.07, 6.45) is 8.61. The third kappa shape index (κ3) is 4.72. The topological polar surface area (TPSA) is 87.2 Å². The predicted molar refractivity (Wildman–Crippen MR) is 165 cm³/mol. The van der Waals surface area contributed by atoms with Crippen LogP contribution in [-0.2, 0) is 11.2 Å². The highest BCUT2D eigenvalue weighted by Gasteiger charge is 2.46. The first kappa shape index (κ1) is 28.9. The molecule has 0 saturated carbocycles. The number of rotatable bonds is 3. The number of imidazole rings is 1.